The van der Waals surface area contributed by atoms with Crippen LogP contribution < -0.4 is 11.1 Å². The lowest BCUT2D eigenvalue weighted by molar-refractivity contribution is -0.121. The first-order valence-corrected chi connectivity index (χ1v) is 8.55. The number of amides is 2. The van der Waals surface area contributed by atoms with Crippen LogP contribution in [0.25, 0.3) is 0 Å². The Kier molecular flexibility index (Phi) is 6.53. The Morgan fingerprint density at radius 3 is 2.91 bits per heavy atom. The molecule has 0 bridgehead atoms. The van der Waals surface area contributed by atoms with E-state index in [-0.39, 0.29) is 29.8 Å². The quantitative estimate of drug-likeness (QED) is 0.814. The van der Waals surface area contributed by atoms with Gasteiger partial charge in [-0.3, -0.25) is 9.59 Å². The van der Waals surface area contributed by atoms with Crippen LogP contribution in [0.5, 0.6) is 0 Å². The molecule has 1 heterocycles. The second-order valence-corrected chi connectivity index (χ2v) is 6.53. The molecule has 0 saturated carbocycles. The number of carbonyl (C=O) groups is 2. The van der Waals surface area contributed by atoms with E-state index in [1.807, 2.05) is 0 Å². The number of hydrogen-bond acceptors (Lipinski definition) is 3. The van der Waals surface area contributed by atoms with Gasteiger partial charge < -0.3 is 16.0 Å². The first-order valence-electron chi connectivity index (χ1n) is 7.75. The molecule has 1 aliphatic heterocycles. The third-order valence-corrected chi connectivity index (χ3v) is 4.45. The fourth-order valence-corrected chi connectivity index (χ4v) is 3.11. The third kappa shape index (κ3) is 4.75. The molecule has 7 heteroatoms. The van der Waals surface area contributed by atoms with Crippen molar-refractivity contribution in [1.29, 1.82) is 0 Å². The minimum atomic E-state index is -0.533. The number of likely N-dealkylation sites (tertiary alicyclic amines) is 1. The van der Waals surface area contributed by atoms with Crippen molar-refractivity contribution in [2.45, 2.75) is 31.7 Å². The third-order valence-electron chi connectivity index (χ3n) is 3.95. The van der Waals surface area contributed by atoms with Gasteiger partial charge in [0.25, 0.3) is 5.91 Å². The number of nitrogens with zero attached hydrogens (tertiary/aromatic N) is 1. The van der Waals surface area contributed by atoms with E-state index in [0.29, 0.717) is 24.1 Å². The Morgan fingerprint density at radius 2 is 2.17 bits per heavy atom. The average molecular weight is 386 g/mol. The summed E-state index contributed by atoms with van der Waals surface area (Å²) in [4.78, 5) is 25.9. The van der Waals surface area contributed by atoms with E-state index in [1.165, 1.54) is 12.1 Å². The van der Waals surface area contributed by atoms with Crippen molar-refractivity contribution in [3.05, 3.63) is 34.1 Å². The van der Waals surface area contributed by atoms with Crippen molar-refractivity contribution in [1.82, 2.24) is 10.2 Å². The summed E-state index contributed by atoms with van der Waals surface area (Å²) in [6, 6.07) is 4.22. The van der Waals surface area contributed by atoms with E-state index >= 15 is 0 Å². The molecule has 23 heavy (non-hydrogen) atoms. The number of nitrogens with one attached hydrogen (secondary N) is 1. The summed E-state index contributed by atoms with van der Waals surface area (Å²) in [6.45, 7) is 1.24. The first kappa shape index (κ1) is 17.9. The van der Waals surface area contributed by atoms with E-state index in [9.17, 15) is 14.0 Å². The van der Waals surface area contributed by atoms with Crippen molar-refractivity contribution in [3.63, 3.8) is 0 Å². The maximum atomic E-state index is 14.0. The van der Waals surface area contributed by atoms with Crippen molar-refractivity contribution >= 4 is 27.7 Å². The van der Waals surface area contributed by atoms with Crippen LogP contribution in [0.3, 0.4) is 0 Å². The number of rotatable bonds is 5. The van der Waals surface area contributed by atoms with E-state index < -0.39 is 5.82 Å². The van der Waals surface area contributed by atoms with Gasteiger partial charge in [-0.2, -0.15) is 0 Å². The van der Waals surface area contributed by atoms with Crippen LogP contribution in [0.4, 0.5) is 4.39 Å². The largest absolute Gasteiger partial charge is 0.354 e. The highest BCUT2D eigenvalue weighted by Gasteiger charge is 2.29. The van der Waals surface area contributed by atoms with Crippen molar-refractivity contribution < 1.29 is 14.0 Å². The van der Waals surface area contributed by atoms with Crippen molar-refractivity contribution in [2.75, 3.05) is 19.6 Å². The summed E-state index contributed by atoms with van der Waals surface area (Å²) >= 11 is 3.26. The fraction of sp³-hybridized carbons (Fsp3) is 0.500. The lowest BCUT2D eigenvalue weighted by Crippen LogP contribution is -2.49. The minimum absolute atomic E-state index is 0.0551. The number of hydrogen-bond donors (Lipinski definition) is 2. The van der Waals surface area contributed by atoms with Gasteiger partial charge in [-0.05, 0) is 37.5 Å². The smallest absolute Gasteiger partial charge is 0.257 e. The van der Waals surface area contributed by atoms with Gasteiger partial charge in [-0.25, -0.2) is 4.39 Å². The zero-order valence-electron chi connectivity index (χ0n) is 12.9. The monoisotopic (exact) mass is 385 g/mol. The predicted molar refractivity (Wildman–Crippen MR) is 89.5 cm³/mol. The summed E-state index contributed by atoms with van der Waals surface area (Å²) in [6.07, 6.45) is 2.93. The Labute approximate surface area is 143 Å². The van der Waals surface area contributed by atoms with Gasteiger partial charge in [-0.15, -0.1) is 0 Å². The summed E-state index contributed by atoms with van der Waals surface area (Å²) in [5, 5.41) is 2.80. The molecule has 126 valence electrons. The molecule has 2 amide bonds. The van der Waals surface area contributed by atoms with Crippen LogP contribution in [0.15, 0.2) is 22.7 Å². The van der Waals surface area contributed by atoms with Crippen LogP contribution in [-0.2, 0) is 4.79 Å². The van der Waals surface area contributed by atoms with Gasteiger partial charge in [0.1, 0.15) is 5.82 Å². The molecule has 0 radical (unpaired) electrons. The minimum Gasteiger partial charge on any atom is -0.354 e. The molecule has 1 aromatic rings. The van der Waals surface area contributed by atoms with Crippen molar-refractivity contribution in [3.8, 4) is 0 Å². The van der Waals surface area contributed by atoms with Crippen LogP contribution in [-0.4, -0.2) is 42.4 Å². The molecule has 1 aliphatic rings. The Balaban J connectivity index is 2.09. The molecule has 1 saturated heterocycles. The van der Waals surface area contributed by atoms with E-state index in [1.54, 1.807) is 11.0 Å². The van der Waals surface area contributed by atoms with Crippen LogP contribution in [0.2, 0.25) is 0 Å². The van der Waals surface area contributed by atoms with Gasteiger partial charge in [0.05, 0.1) is 5.56 Å². The molecule has 0 aliphatic carbocycles. The number of benzene rings is 1. The molecule has 1 aromatic carbocycles. The second kappa shape index (κ2) is 8.40. The number of nitrogens with two attached hydrogens (primary N) is 1. The topological polar surface area (TPSA) is 75.4 Å². The molecule has 0 spiro atoms. The highest BCUT2D eigenvalue weighted by atomic mass is 79.9. The van der Waals surface area contributed by atoms with Gasteiger partial charge in [0, 0.05) is 36.6 Å². The van der Waals surface area contributed by atoms with Gasteiger partial charge in [-0.1, -0.05) is 15.9 Å². The molecule has 1 unspecified atom stereocenters. The van der Waals surface area contributed by atoms with E-state index in [0.717, 1.165) is 19.3 Å². The lowest BCUT2D eigenvalue weighted by atomic mass is 10.0. The summed E-state index contributed by atoms with van der Waals surface area (Å²) < 4.78 is 14.6. The lowest BCUT2D eigenvalue weighted by Gasteiger charge is -2.36. The summed E-state index contributed by atoms with van der Waals surface area (Å²) in [5.74, 6) is -0.990. The van der Waals surface area contributed by atoms with Gasteiger partial charge in [0.2, 0.25) is 5.91 Å². The summed E-state index contributed by atoms with van der Waals surface area (Å²) in [7, 11) is 0. The van der Waals surface area contributed by atoms with Crippen molar-refractivity contribution in [2.24, 2.45) is 5.73 Å². The van der Waals surface area contributed by atoms with Gasteiger partial charge >= 0.3 is 0 Å². The Morgan fingerprint density at radius 1 is 1.39 bits per heavy atom. The zero-order valence-corrected chi connectivity index (χ0v) is 14.4. The molecule has 0 aromatic heterocycles. The molecular weight excluding hydrogens is 365 g/mol. The Hall–Kier alpha value is -1.47. The number of halogens is 2. The Bertz CT molecular complexity index is 582. The number of carbonyl (C=O) groups excluding carboxylic acids is 2. The highest BCUT2D eigenvalue weighted by molar-refractivity contribution is 9.10. The van der Waals surface area contributed by atoms with Crippen LogP contribution in [0.1, 0.15) is 36.0 Å². The number of piperidine rings is 1. The molecule has 1 fully saturated rings. The normalized spacial score (nSPS) is 17.9. The first-order chi connectivity index (χ1) is 11.0. The maximum absolute atomic E-state index is 14.0. The molecule has 5 nitrogen and oxygen atoms in total. The predicted octanol–water partition coefficient (Wildman–Crippen LogP) is 2.05. The van der Waals surface area contributed by atoms with Gasteiger partial charge in [0.15, 0.2) is 0 Å². The maximum Gasteiger partial charge on any atom is 0.257 e. The van der Waals surface area contributed by atoms with E-state index in [2.05, 4.69) is 21.2 Å². The average Bonchev–Trinajstić information content (AvgIpc) is 2.55. The molecule has 1 atom stereocenters. The standard InChI is InChI=1S/C16H21BrFN3O2/c17-11-4-5-14(18)13(9-11)16(23)21-8-2-1-3-12(21)10-20-15(22)6-7-19/h4-5,9,12H,1-3,6-8,10,19H2,(H,20,22). The van der Waals surface area contributed by atoms with Crippen LogP contribution in [0, 0.1) is 5.82 Å². The molecule has 2 rings (SSSR count). The fourth-order valence-electron chi connectivity index (χ4n) is 2.75. The SMILES string of the molecule is NCCC(=O)NCC1CCCCN1C(=O)c1cc(Br)ccc1F. The summed E-state index contributed by atoms with van der Waals surface area (Å²) in [5.41, 5.74) is 5.40. The highest BCUT2D eigenvalue weighted by Crippen LogP contribution is 2.22. The molecular formula is C16H21BrFN3O2. The van der Waals surface area contributed by atoms with Crippen LogP contribution >= 0.6 is 15.9 Å². The second-order valence-electron chi connectivity index (χ2n) is 5.62. The van der Waals surface area contributed by atoms with E-state index in [4.69, 9.17) is 5.73 Å². The zero-order chi connectivity index (χ0) is 16.8. The molecule has 3 N–H and O–H groups in total.